The Hall–Kier alpha value is -1.76. The maximum atomic E-state index is 13.3. The van der Waals surface area contributed by atoms with Crippen LogP contribution in [0.5, 0.6) is 0 Å². The quantitative estimate of drug-likeness (QED) is 0.470. The third kappa shape index (κ3) is 5.87. The number of pyridine rings is 1. The lowest BCUT2D eigenvalue weighted by Crippen LogP contribution is -2.44. The number of nitrogens with one attached hydrogen (secondary N) is 3. The van der Waals surface area contributed by atoms with E-state index in [1.165, 1.54) is 24.6 Å². The summed E-state index contributed by atoms with van der Waals surface area (Å²) in [6.45, 7) is 1.11. The summed E-state index contributed by atoms with van der Waals surface area (Å²) < 4.78 is 13.3. The van der Waals surface area contributed by atoms with Crippen LogP contribution in [0.3, 0.4) is 0 Å². The van der Waals surface area contributed by atoms with Gasteiger partial charge in [0, 0.05) is 36.6 Å². The van der Waals surface area contributed by atoms with Gasteiger partial charge in [0.05, 0.1) is 20.8 Å². The summed E-state index contributed by atoms with van der Waals surface area (Å²) in [6.07, 6.45) is 8.41. The number of amides is 2. The Morgan fingerprint density at radius 1 is 1.03 bits per heavy atom. The van der Waals surface area contributed by atoms with Gasteiger partial charge >= 0.3 is 6.03 Å². The fourth-order valence-electron chi connectivity index (χ4n) is 3.59. The fraction of sp³-hybridized carbons (Fsp3) is 0.400. The molecule has 3 N–H and O–H groups in total. The van der Waals surface area contributed by atoms with E-state index in [0.29, 0.717) is 34.5 Å². The van der Waals surface area contributed by atoms with Gasteiger partial charge in [0.15, 0.2) is 0 Å². The minimum absolute atomic E-state index is 0.0399. The van der Waals surface area contributed by atoms with Crippen molar-refractivity contribution in [3.05, 3.63) is 51.5 Å². The number of nitrogens with zero attached hydrogens (tertiary/aromatic N) is 1. The molecule has 0 unspecified atom stereocenters. The molecular formula is C20H22Cl3FN4O. The average molecular weight is 460 g/mol. The van der Waals surface area contributed by atoms with Gasteiger partial charge in [-0.25, -0.2) is 9.18 Å². The largest absolute Gasteiger partial charge is 0.382 e. The number of hydrogen-bond donors (Lipinski definition) is 3. The molecule has 0 bridgehead atoms. The van der Waals surface area contributed by atoms with E-state index in [1.807, 2.05) is 0 Å². The van der Waals surface area contributed by atoms with Gasteiger partial charge in [-0.15, -0.1) is 0 Å². The van der Waals surface area contributed by atoms with Crippen molar-refractivity contribution >= 4 is 52.2 Å². The highest BCUT2D eigenvalue weighted by atomic mass is 35.5. The molecule has 0 spiro atoms. The monoisotopic (exact) mass is 458 g/mol. The Kier molecular flexibility index (Phi) is 7.44. The molecule has 0 aliphatic heterocycles. The first kappa shape index (κ1) is 21.9. The molecule has 29 heavy (non-hydrogen) atoms. The third-order valence-electron chi connectivity index (χ3n) is 5.21. The molecule has 1 aliphatic carbocycles. The summed E-state index contributed by atoms with van der Waals surface area (Å²) in [5.74, 6) is -0.529. The lowest BCUT2D eigenvalue weighted by molar-refractivity contribution is 0.196. The molecular weight excluding hydrogens is 438 g/mol. The van der Waals surface area contributed by atoms with Crippen molar-refractivity contribution in [3.63, 3.8) is 0 Å². The molecule has 2 amide bonds. The zero-order valence-electron chi connectivity index (χ0n) is 15.7. The second kappa shape index (κ2) is 9.83. The zero-order valence-corrected chi connectivity index (χ0v) is 18.0. The molecule has 5 nitrogen and oxygen atoms in total. The number of carbonyl (C=O) groups excluding carboxylic acids is 1. The lowest BCUT2D eigenvalue weighted by Gasteiger charge is -2.38. The van der Waals surface area contributed by atoms with Crippen LogP contribution in [0, 0.1) is 11.2 Å². The van der Waals surface area contributed by atoms with E-state index >= 15 is 0 Å². The van der Waals surface area contributed by atoms with Crippen molar-refractivity contribution in [2.24, 2.45) is 5.41 Å². The topological polar surface area (TPSA) is 66.0 Å². The maximum absolute atomic E-state index is 13.3. The molecule has 1 fully saturated rings. The van der Waals surface area contributed by atoms with Crippen molar-refractivity contribution in [1.82, 2.24) is 10.3 Å². The van der Waals surface area contributed by atoms with Crippen LogP contribution in [-0.4, -0.2) is 24.1 Å². The first-order chi connectivity index (χ1) is 13.9. The van der Waals surface area contributed by atoms with Crippen LogP contribution < -0.4 is 16.0 Å². The van der Waals surface area contributed by atoms with Gasteiger partial charge in [0.25, 0.3) is 0 Å². The summed E-state index contributed by atoms with van der Waals surface area (Å²) in [7, 11) is 0. The highest BCUT2D eigenvalue weighted by molar-refractivity contribution is 6.38. The molecule has 3 rings (SSSR count). The van der Waals surface area contributed by atoms with E-state index in [-0.39, 0.29) is 16.5 Å². The normalized spacial score (nSPS) is 15.6. The van der Waals surface area contributed by atoms with Crippen LogP contribution in [0.1, 0.15) is 32.1 Å². The van der Waals surface area contributed by atoms with E-state index in [1.54, 1.807) is 12.4 Å². The van der Waals surface area contributed by atoms with Gasteiger partial charge in [-0.1, -0.05) is 54.1 Å². The molecule has 1 saturated carbocycles. The van der Waals surface area contributed by atoms with Crippen molar-refractivity contribution in [2.45, 2.75) is 32.1 Å². The van der Waals surface area contributed by atoms with E-state index in [2.05, 4.69) is 20.9 Å². The predicted octanol–water partition coefficient (Wildman–Crippen LogP) is 6.37. The molecule has 0 radical (unpaired) electrons. The summed E-state index contributed by atoms with van der Waals surface area (Å²) in [5, 5.41) is 9.85. The minimum atomic E-state index is -0.529. The second-order valence-corrected chi connectivity index (χ2v) is 8.55. The average Bonchev–Trinajstić information content (AvgIpc) is 2.70. The minimum Gasteiger partial charge on any atom is -0.382 e. The molecule has 2 aromatic rings. The fourth-order valence-corrected chi connectivity index (χ4v) is 4.27. The Balaban J connectivity index is 1.62. The predicted molar refractivity (Wildman–Crippen MR) is 117 cm³/mol. The SMILES string of the molecule is O=C(NCC1(CNc2c(Cl)cncc2Cl)CCCCC1)Nc1ccc(F)c(Cl)c1. The highest BCUT2D eigenvalue weighted by Gasteiger charge is 2.32. The Labute approximate surface area is 184 Å². The van der Waals surface area contributed by atoms with E-state index in [4.69, 9.17) is 34.8 Å². The van der Waals surface area contributed by atoms with Gasteiger partial charge in [-0.2, -0.15) is 0 Å². The summed E-state index contributed by atoms with van der Waals surface area (Å²) in [4.78, 5) is 16.3. The smallest absolute Gasteiger partial charge is 0.319 e. The first-order valence-corrected chi connectivity index (χ1v) is 10.5. The number of anilines is 2. The Bertz CT molecular complexity index is 855. The molecule has 1 aromatic carbocycles. The summed E-state index contributed by atoms with van der Waals surface area (Å²) in [5.41, 5.74) is 0.963. The van der Waals surface area contributed by atoms with E-state index in [0.717, 1.165) is 25.7 Å². The van der Waals surface area contributed by atoms with Crippen LogP contribution >= 0.6 is 34.8 Å². The molecule has 9 heteroatoms. The Morgan fingerprint density at radius 2 is 1.72 bits per heavy atom. The summed E-state index contributed by atoms with van der Waals surface area (Å²) in [6, 6.07) is 3.69. The van der Waals surface area contributed by atoms with Crippen LogP contribution in [0.4, 0.5) is 20.6 Å². The van der Waals surface area contributed by atoms with Gasteiger partial charge in [-0.3, -0.25) is 4.98 Å². The number of urea groups is 1. The maximum Gasteiger partial charge on any atom is 0.319 e. The number of carbonyl (C=O) groups is 1. The van der Waals surface area contributed by atoms with Crippen LogP contribution in [0.25, 0.3) is 0 Å². The second-order valence-electron chi connectivity index (χ2n) is 7.33. The first-order valence-electron chi connectivity index (χ1n) is 9.41. The third-order valence-corrected chi connectivity index (χ3v) is 6.07. The van der Waals surface area contributed by atoms with E-state index < -0.39 is 5.82 Å². The molecule has 156 valence electrons. The zero-order chi connectivity index (χ0) is 20.9. The molecule has 0 saturated heterocycles. The van der Waals surface area contributed by atoms with Crippen molar-refractivity contribution in [2.75, 3.05) is 23.7 Å². The summed E-state index contributed by atoms with van der Waals surface area (Å²) >= 11 is 18.2. The van der Waals surface area contributed by atoms with E-state index in [9.17, 15) is 9.18 Å². The lowest BCUT2D eigenvalue weighted by atomic mass is 9.74. The van der Waals surface area contributed by atoms with Crippen LogP contribution in [-0.2, 0) is 0 Å². The number of benzene rings is 1. The van der Waals surface area contributed by atoms with Crippen molar-refractivity contribution < 1.29 is 9.18 Å². The standard InChI is InChI=1S/C20H22Cl3FN4O/c21-14-8-13(4-5-17(14)24)28-19(29)27-12-20(6-2-1-3-7-20)11-26-18-15(22)9-25-10-16(18)23/h4-5,8-10H,1-3,6-7,11-12H2,(H,25,26)(H2,27,28,29). The highest BCUT2D eigenvalue weighted by Crippen LogP contribution is 2.37. The Morgan fingerprint density at radius 3 is 2.38 bits per heavy atom. The number of rotatable bonds is 6. The van der Waals surface area contributed by atoms with Crippen molar-refractivity contribution in [3.8, 4) is 0 Å². The van der Waals surface area contributed by atoms with Crippen molar-refractivity contribution in [1.29, 1.82) is 0 Å². The number of halogens is 4. The molecule has 1 heterocycles. The van der Waals surface area contributed by atoms with Crippen LogP contribution in [0.15, 0.2) is 30.6 Å². The van der Waals surface area contributed by atoms with Gasteiger partial charge in [0.2, 0.25) is 0 Å². The molecule has 1 aromatic heterocycles. The van der Waals surface area contributed by atoms with Gasteiger partial charge < -0.3 is 16.0 Å². The van der Waals surface area contributed by atoms with Gasteiger partial charge in [-0.05, 0) is 31.0 Å². The molecule has 0 atom stereocenters. The molecule has 1 aliphatic rings. The van der Waals surface area contributed by atoms with Gasteiger partial charge in [0.1, 0.15) is 5.82 Å². The number of aromatic nitrogens is 1. The van der Waals surface area contributed by atoms with Crippen LogP contribution in [0.2, 0.25) is 15.1 Å². The number of hydrogen-bond acceptors (Lipinski definition) is 3.